The van der Waals surface area contributed by atoms with E-state index in [0.717, 1.165) is 12.8 Å². The van der Waals surface area contributed by atoms with Crippen molar-refractivity contribution in [2.75, 3.05) is 13.1 Å². The van der Waals surface area contributed by atoms with Gasteiger partial charge in [0.05, 0.1) is 5.41 Å². The van der Waals surface area contributed by atoms with Gasteiger partial charge in [-0.2, -0.15) is 0 Å². The minimum absolute atomic E-state index is 0.0598. The van der Waals surface area contributed by atoms with E-state index < -0.39 is 11.4 Å². The van der Waals surface area contributed by atoms with Crippen LogP contribution in [0.1, 0.15) is 31.7 Å². The van der Waals surface area contributed by atoms with Gasteiger partial charge in [-0.15, -0.1) is 0 Å². The average Bonchev–Trinajstić information content (AvgIpc) is 3.06. The second-order valence-electron chi connectivity index (χ2n) is 6.97. The summed E-state index contributed by atoms with van der Waals surface area (Å²) in [6, 6.07) is 6.47. The Morgan fingerprint density at radius 3 is 2.83 bits per heavy atom. The standard InChI is InChI=1S/C18H22FNO3/c1-12(9-13-5-2-3-7-15(13)19)16(21)20-10-14-6-4-8-18(14,11-20)17(22)23/h2-3,5,7,12,14H,4,6,8-11H2,1H3,(H,22,23)/t12?,14-,18+/m0/s1. The molecule has 0 aromatic heterocycles. The molecule has 1 heterocycles. The molecule has 23 heavy (non-hydrogen) atoms. The number of carbonyl (C=O) groups excluding carboxylic acids is 1. The summed E-state index contributed by atoms with van der Waals surface area (Å²) in [6.07, 6.45) is 2.78. The lowest BCUT2D eigenvalue weighted by atomic mass is 9.81. The van der Waals surface area contributed by atoms with Crippen LogP contribution < -0.4 is 0 Å². The number of halogens is 1. The smallest absolute Gasteiger partial charge is 0.311 e. The topological polar surface area (TPSA) is 57.6 Å². The van der Waals surface area contributed by atoms with Crippen molar-refractivity contribution in [2.45, 2.75) is 32.6 Å². The zero-order valence-electron chi connectivity index (χ0n) is 13.3. The average molecular weight is 319 g/mol. The maximum Gasteiger partial charge on any atom is 0.311 e. The largest absolute Gasteiger partial charge is 0.481 e. The summed E-state index contributed by atoms with van der Waals surface area (Å²) < 4.78 is 13.7. The molecule has 3 atom stereocenters. The summed E-state index contributed by atoms with van der Waals surface area (Å²) in [7, 11) is 0. The van der Waals surface area contributed by atoms with Gasteiger partial charge in [0, 0.05) is 19.0 Å². The van der Waals surface area contributed by atoms with Gasteiger partial charge in [-0.1, -0.05) is 31.5 Å². The third-order valence-corrected chi connectivity index (χ3v) is 5.51. The number of rotatable bonds is 4. The van der Waals surface area contributed by atoms with Crippen LogP contribution in [0.4, 0.5) is 4.39 Å². The van der Waals surface area contributed by atoms with Gasteiger partial charge in [0.15, 0.2) is 0 Å². The first-order valence-electron chi connectivity index (χ1n) is 8.19. The van der Waals surface area contributed by atoms with E-state index >= 15 is 0 Å². The van der Waals surface area contributed by atoms with Gasteiger partial charge in [-0.25, -0.2) is 4.39 Å². The SMILES string of the molecule is CC(Cc1ccccc1F)C(=O)N1C[C@@H]2CCC[C@@]2(C(=O)O)C1. The highest BCUT2D eigenvalue weighted by atomic mass is 19.1. The molecule has 1 aliphatic carbocycles. The zero-order valence-corrected chi connectivity index (χ0v) is 13.3. The molecule has 5 heteroatoms. The van der Waals surface area contributed by atoms with Crippen LogP contribution in [0.5, 0.6) is 0 Å². The van der Waals surface area contributed by atoms with Crippen LogP contribution in [-0.4, -0.2) is 35.0 Å². The molecule has 0 radical (unpaired) electrons. The first kappa shape index (κ1) is 16.0. The molecule has 2 aliphatic rings. The van der Waals surface area contributed by atoms with Crippen LogP contribution in [0.15, 0.2) is 24.3 Å². The normalized spacial score (nSPS) is 27.7. The molecule has 1 aromatic carbocycles. The Hall–Kier alpha value is -1.91. The zero-order chi connectivity index (χ0) is 16.6. The number of hydrogen-bond donors (Lipinski definition) is 1. The van der Waals surface area contributed by atoms with Crippen molar-refractivity contribution in [3.05, 3.63) is 35.6 Å². The van der Waals surface area contributed by atoms with Crippen LogP contribution in [-0.2, 0) is 16.0 Å². The van der Waals surface area contributed by atoms with Gasteiger partial charge in [0.2, 0.25) is 5.91 Å². The van der Waals surface area contributed by atoms with E-state index in [1.165, 1.54) is 6.07 Å². The summed E-state index contributed by atoms with van der Waals surface area (Å²) in [6.45, 7) is 2.61. The molecule has 0 bridgehead atoms. The predicted octanol–water partition coefficient (Wildman–Crippen LogP) is 2.72. The third kappa shape index (κ3) is 2.73. The van der Waals surface area contributed by atoms with E-state index in [4.69, 9.17) is 0 Å². The van der Waals surface area contributed by atoms with Crippen molar-refractivity contribution in [3.63, 3.8) is 0 Å². The maximum atomic E-state index is 13.7. The Kier molecular flexibility index (Phi) is 4.13. The summed E-state index contributed by atoms with van der Waals surface area (Å²) >= 11 is 0. The Morgan fingerprint density at radius 1 is 1.43 bits per heavy atom. The Labute approximate surface area is 135 Å². The molecular weight excluding hydrogens is 297 g/mol. The fourth-order valence-electron chi connectivity index (χ4n) is 4.20. The number of nitrogens with zero attached hydrogens (tertiary/aromatic N) is 1. The highest BCUT2D eigenvalue weighted by Gasteiger charge is 2.55. The monoisotopic (exact) mass is 319 g/mol. The molecule has 1 saturated heterocycles. The number of hydrogen-bond acceptors (Lipinski definition) is 2. The van der Waals surface area contributed by atoms with Crippen molar-refractivity contribution < 1.29 is 19.1 Å². The van der Waals surface area contributed by atoms with Crippen LogP contribution in [0.25, 0.3) is 0 Å². The van der Waals surface area contributed by atoms with Crippen molar-refractivity contribution in [1.82, 2.24) is 4.90 Å². The molecule has 1 saturated carbocycles. The minimum Gasteiger partial charge on any atom is -0.481 e. The second kappa shape index (κ2) is 5.95. The molecule has 3 rings (SSSR count). The molecule has 1 aliphatic heterocycles. The van der Waals surface area contributed by atoms with Crippen molar-refractivity contribution in [2.24, 2.45) is 17.3 Å². The third-order valence-electron chi connectivity index (χ3n) is 5.51. The van der Waals surface area contributed by atoms with E-state index in [-0.39, 0.29) is 23.6 Å². The molecule has 1 aromatic rings. The Morgan fingerprint density at radius 2 is 2.17 bits per heavy atom. The summed E-state index contributed by atoms with van der Waals surface area (Å²) in [4.78, 5) is 26.0. The first-order chi connectivity index (χ1) is 10.9. The highest BCUT2D eigenvalue weighted by molar-refractivity contribution is 5.82. The molecule has 124 valence electrons. The Balaban J connectivity index is 1.69. The van der Waals surface area contributed by atoms with Crippen molar-refractivity contribution in [3.8, 4) is 0 Å². The van der Waals surface area contributed by atoms with Gasteiger partial charge < -0.3 is 10.0 Å². The van der Waals surface area contributed by atoms with Crippen LogP contribution in [0, 0.1) is 23.1 Å². The van der Waals surface area contributed by atoms with E-state index in [1.54, 1.807) is 30.0 Å². The quantitative estimate of drug-likeness (QED) is 0.928. The number of likely N-dealkylation sites (tertiary alicyclic amines) is 1. The number of amides is 1. The molecule has 4 nitrogen and oxygen atoms in total. The lowest BCUT2D eigenvalue weighted by Crippen LogP contribution is -2.39. The number of aliphatic carboxylic acids is 1. The van der Waals surface area contributed by atoms with E-state index in [0.29, 0.717) is 31.5 Å². The molecule has 1 amide bonds. The molecule has 1 unspecified atom stereocenters. The molecule has 0 spiro atoms. The van der Waals surface area contributed by atoms with E-state index in [9.17, 15) is 19.1 Å². The Bertz CT molecular complexity index is 632. The fourth-order valence-corrected chi connectivity index (χ4v) is 4.20. The van der Waals surface area contributed by atoms with Gasteiger partial charge in [0.1, 0.15) is 5.82 Å². The number of benzene rings is 1. The van der Waals surface area contributed by atoms with Gasteiger partial charge >= 0.3 is 5.97 Å². The summed E-state index contributed by atoms with van der Waals surface area (Å²) in [5.41, 5.74) is -0.228. The number of carbonyl (C=O) groups is 2. The maximum absolute atomic E-state index is 13.7. The lowest BCUT2D eigenvalue weighted by molar-refractivity contribution is -0.149. The highest BCUT2D eigenvalue weighted by Crippen LogP contribution is 2.49. The first-order valence-corrected chi connectivity index (χ1v) is 8.19. The van der Waals surface area contributed by atoms with Crippen molar-refractivity contribution in [1.29, 1.82) is 0 Å². The predicted molar refractivity (Wildman–Crippen MR) is 83.3 cm³/mol. The van der Waals surface area contributed by atoms with Crippen LogP contribution in [0.3, 0.4) is 0 Å². The van der Waals surface area contributed by atoms with E-state index in [1.807, 2.05) is 0 Å². The van der Waals surface area contributed by atoms with Gasteiger partial charge in [-0.3, -0.25) is 9.59 Å². The molecule has 2 fully saturated rings. The number of fused-ring (bicyclic) bond motifs is 1. The number of carboxylic acids is 1. The summed E-state index contributed by atoms with van der Waals surface area (Å²) in [5.74, 6) is -1.44. The van der Waals surface area contributed by atoms with Crippen LogP contribution >= 0.6 is 0 Å². The summed E-state index contributed by atoms with van der Waals surface area (Å²) in [5, 5.41) is 9.60. The molecule has 1 N–H and O–H groups in total. The van der Waals surface area contributed by atoms with Crippen molar-refractivity contribution >= 4 is 11.9 Å². The lowest BCUT2D eigenvalue weighted by Gasteiger charge is -2.25. The van der Waals surface area contributed by atoms with Gasteiger partial charge in [0.25, 0.3) is 0 Å². The molecular formula is C18H22FNO3. The van der Waals surface area contributed by atoms with Gasteiger partial charge in [-0.05, 0) is 36.8 Å². The minimum atomic E-state index is -0.781. The van der Waals surface area contributed by atoms with E-state index in [2.05, 4.69) is 0 Å². The number of carboxylic acid groups (broad SMARTS) is 1. The second-order valence-corrected chi connectivity index (χ2v) is 6.97. The fraction of sp³-hybridized carbons (Fsp3) is 0.556. The van der Waals surface area contributed by atoms with Crippen LogP contribution in [0.2, 0.25) is 0 Å².